The molecule has 0 bridgehead atoms. The Balaban J connectivity index is 1.99. The average Bonchev–Trinajstić information content (AvgIpc) is 2.91. The fourth-order valence-corrected chi connectivity index (χ4v) is 3.47. The molecule has 0 amide bonds. The van der Waals surface area contributed by atoms with Crippen LogP contribution in [0.4, 0.5) is 0 Å². The number of ketones is 2. The van der Waals surface area contributed by atoms with Gasteiger partial charge in [-0.3, -0.25) is 9.59 Å². The van der Waals surface area contributed by atoms with E-state index in [0.29, 0.717) is 22.3 Å². The predicted octanol–water partition coefficient (Wildman–Crippen LogP) is 3.22. The zero-order valence-corrected chi connectivity index (χ0v) is 11.2. The molecule has 0 aromatic heterocycles. The molecule has 20 heavy (non-hydrogen) atoms. The predicted molar refractivity (Wildman–Crippen MR) is 73.6 cm³/mol. The van der Waals surface area contributed by atoms with Crippen molar-refractivity contribution < 1.29 is 14.3 Å². The molecule has 0 saturated heterocycles. The number of fused-ring (bicyclic) bond motifs is 2. The Morgan fingerprint density at radius 1 is 1.05 bits per heavy atom. The van der Waals surface area contributed by atoms with Crippen LogP contribution in [0.2, 0.25) is 0 Å². The summed E-state index contributed by atoms with van der Waals surface area (Å²) in [5.74, 6) is 0.845. The van der Waals surface area contributed by atoms with Gasteiger partial charge in [-0.05, 0) is 19.8 Å². The van der Waals surface area contributed by atoms with Crippen LogP contribution < -0.4 is 0 Å². The summed E-state index contributed by atoms with van der Waals surface area (Å²) in [6.07, 6.45) is 2.38. The summed E-state index contributed by atoms with van der Waals surface area (Å²) in [7, 11) is 0. The van der Waals surface area contributed by atoms with E-state index in [0.717, 1.165) is 30.6 Å². The first kappa shape index (κ1) is 11.6. The lowest BCUT2D eigenvalue weighted by atomic mass is 9.78. The number of allylic oxidation sites excluding steroid dienone is 3. The second-order valence-electron chi connectivity index (χ2n) is 5.51. The molecule has 1 aliphatic heterocycles. The van der Waals surface area contributed by atoms with Crippen LogP contribution in [0.1, 0.15) is 46.9 Å². The lowest BCUT2D eigenvalue weighted by Crippen LogP contribution is -2.32. The van der Waals surface area contributed by atoms with Gasteiger partial charge in [0.05, 0.1) is 5.57 Å². The van der Waals surface area contributed by atoms with E-state index in [1.54, 1.807) is 18.2 Å². The number of benzene rings is 1. The number of rotatable bonds is 0. The summed E-state index contributed by atoms with van der Waals surface area (Å²) in [5.41, 5.74) is 3.18. The summed E-state index contributed by atoms with van der Waals surface area (Å²) >= 11 is 0. The first-order chi connectivity index (χ1) is 9.68. The van der Waals surface area contributed by atoms with Gasteiger partial charge in [0, 0.05) is 28.7 Å². The molecule has 1 atom stereocenters. The molecular formula is C17H14O3. The van der Waals surface area contributed by atoms with Crippen LogP contribution in [0.15, 0.2) is 46.7 Å². The molecule has 4 rings (SSSR count). The van der Waals surface area contributed by atoms with Crippen molar-refractivity contribution in [2.45, 2.75) is 32.3 Å². The highest BCUT2D eigenvalue weighted by Gasteiger charge is 2.41. The quantitative estimate of drug-likeness (QED) is 0.724. The minimum Gasteiger partial charge on any atom is -0.490 e. The van der Waals surface area contributed by atoms with Crippen LogP contribution >= 0.6 is 0 Å². The van der Waals surface area contributed by atoms with E-state index >= 15 is 0 Å². The molecule has 0 N–H and O–H groups in total. The van der Waals surface area contributed by atoms with Crippen LogP contribution in [-0.2, 0) is 4.74 Å². The second-order valence-corrected chi connectivity index (χ2v) is 5.51. The van der Waals surface area contributed by atoms with Gasteiger partial charge in [-0.25, -0.2) is 0 Å². The van der Waals surface area contributed by atoms with Crippen molar-refractivity contribution >= 4 is 11.6 Å². The van der Waals surface area contributed by atoms with Crippen LogP contribution in [0.25, 0.3) is 0 Å². The van der Waals surface area contributed by atoms with Gasteiger partial charge in [-0.2, -0.15) is 0 Å². The molecule has 2 aliphatic carbocycles. The minimum atomic E-state index is -0.327. The largest absolute Gasteiger partial charge is 0.490 e. The topological polar surface area (TPSA) is 43.4 Å². The van der Waals surface area contributed by atoms with E-state index in [4.69, 9.17) is 4.74 Å². The first-order valence-electron chi connectivity index (χ1n) is 7.00. The highest BCUT2D eigenvalue weighted by Crippen LogP contribution is 2.43. The van der Waals surface area contributed by atoms with E-state index in [1.165, 1.54) is 0 Å². The molecule has 0 radical (unpaired) electrons. The van der Waals surface area contributed by atoms with Gasteiger partial charge in [0.15, 0.2) is 11.6 Å². The SMILES string of the molecule is CC1OC2=C(CCC2)C2=C1C(=O)c1ccccc1C2=O. The van der Waals surface area contributed by atoms with Crippen molar-refractivity contribution in [2.24, 2.45) is 0 Å². The number of carbonyl (C=O) groups is 2. The Morgan fingerprint density at radius 2 is 1.75 bits per heavy atom. The zero-order chi connectivity index (χ0) is 13.9. The first-order valence-corrected chi connectivity index (χ1v) is 7.00. The summed E-state index contributed by atoms with van der Waals surface area (Å²) in [6, 6.07) is 7.08. The molecule has 1 aromatic rings. The Bertz CT molecular complexity index is 722. The van der Waals surface area contributed by atoms with E-state index in [9.17, 15) is 9.59 Å². The van der Waals surface area contributed by atoms with Gasteiger partial charge in [-0.1, -0.05) is 24.3 Å². The van der Waals surface area contributed by atoms with Crippen LogP contribution in [0.5, 0.6) is 0 Å². The molecule has 1 heterocycles. The normalized spacial score (nSPS) is 24.4. The van der Waals surface area contributed by atoms with Gasteiger partial charge < -0.3 is 4.74 Å². The van der Waals surface area contributed by atoms with Crippen LogP contribution in [0.3, 0.4) is 0 Å². The maximum atomic E-state index is 12.8. The average molecular weight is 266 g/mol. The lowest BCUT2D eigenvalue weighted by molar-refractivity contribution is 0.0896. The molecule has 0 fully saturated rings. The molecule has 0 spiro atoms. The van der Waals surface area contributed by atoms with Gasteiger partial charge >= 0.3 is 0 Å². The Morgan fingerprint density at radius 3 is 2.50 bits per heavy atom. The summed E-state index contributed by atoms with van der Waals surface area (Å²) in [5, 5.41) is 0. The third kappa shape index (κ3) is 1.35. The highest BCUT2D eigenvalue weighted by molar-refractivity contribution is 6.29. The van der Waals surface area contributed by atoms with Gasteiger partial charge in [0.1, 0.15) is 11.9 Å². The fourth-order valence-electron chi connectivity index (χ4n) is 3.47. The maximum Gasteiger partial charge on any atom is 0.194 e. The van der Waals surface area contributed by atoms with Crippen molar-refractivity contribution in [3.05, 3.63) is 57.9 Å². The van der Waals surface area contributed by atoms with Crippen molar-refractivity contribution in [2.75, 3.05) is 0 Å². The van der Waals surface area contributed by atoms with Crippen LogP contribution in [0, 0.1) is 0 Å². The minimum absolute atomic E-state index is 0.0141. The summed E-state index contributed by atoms with van der Waals surface area (Å²) < 4.78 is 5.86. The van der Waals surface area contributed by atoms with E-state index in [1.807, 2.05) is 13.0 Å². The van der Waals surface area contributed by atoms with Crippen molar-refractivity contribution in [3.8, 4) is 0 Å². The number of carbonyl (C=O) groups excluding carboxylic acids is 2. The number of hydrogen-bond acceptors (Lipinski definition) is 3. The lowest BCUT2D eigenvalue weighted by Gasteiger charge is -2.30. The van der Waals surface area contributed by atoms with Crippen molar-refractivity contribution in [3.63, 3.8) is 0 Å². The molecule has 0 saturated carbocycles. The standard InChI is InChI=1S/C17H14O3/c1-9-14-15(12-7-4-8-13(12)20-9)17(19)11-6-3-2-5-10(11)16(14)18/h2-3,5-6,9H,4,7-8H2,1H3. The zero-order valence-electron chi connectivity index (χ0n) is 11.2. The Labute approximate surface area is 116 Å². The Kier molecular flexibility index (Phi) is 2.28. The molecule has 3 nitrogen and oxygen atoms in total. The molecular weight excluding hydrogens is 252 g/mol. The van der Waals surface area contributed by atoms with E-state index in [-0.39, 0.29) is 17.7 Å². The van der Waals surface area contributed by atoms with Crippen molar-refractivity contribution in [1.29, 1.82) is 0 Å². The maximum absolute atomic E-state index is 12.8. The monoisotopic (exact) mass is 266 g/mol. The third-order valence-corrected chi connectivity index (χ3v) is 4.35. The molecule has 1 aromatic carbocycles. The van der Waals surface area contributed by atoms with Gasteiger partial charge in [0.2, 0.25) is 0 Å². The second kappa shape index (κ2) is 3.92. The molecule has 3 aliphatic rings. The molecule has 1 unspecified atom stereocenters. The molecule has 100 valence electrons. The molecule has 3 heteroatoms. The van der Waals surface area contributed by atoms with Crippen LogP contribution in [-0.4, -0.2) is 17.7 Å². The summed E-state index contributed by atoms with van der Waals surface area (Å²) in [6.45, 7) is 1.86. The van der Waals surface area contributed by atoms with Gasteiger partial charge in [0.25, 0.3) is 0 Å². The van der Waals surface area contributed by atoms with Crippen molar-refractivity contribution in [1.82, 2.24) is 0 Å². The number of ether oxygens (including phenoxy) is 1. The van der Waals surface area contributed by atoms with Gasteiger partial charge in [-0.15, -0.1) is 0 Å². The number of hydrogen-bond donors (Lipinski definition) is 0. The number of Topliss-reactive ketones (excluding diaryl/α,β-unsaturated/α-hetero) is 2. The van der Waals surface area contributed by atoms with E-state index < -0.39 is 0 Å². The highest BCUT2D eigenvalue weighted by atomic mass is 16.5. The van der Waals surface area contributed by atoms with E-state index in [2.05, 4.69) is 0 Å². The Hall–Kier alpha value is -2.16. The smallest absolute Gasteiger partial charge is 0.194 e. The third-order valence-electron chi connectivity index (χ3n) is 4.35. The fraction of sp³-hybridized carbons (Fsp3) is 0.294. The summed E-state index contributed by atoms with van der Waals surface area (Å²) in [4.78, 5) is 25.5.